The van der Waals surface area contributed by atoms with E-state index in [9.17, 15) is 4.79 Å². The van der Waals surface area contributed by atoms with Crippen molar-refractivity contribution in [2.75, 3.05) is 30.8 Å². The minimum Gasteiger partial charge on any atom is -0.382 e. The molecule has 1 saturated heterocycles. The number of rotatable bonds is 2. The topological polar surface area (TPSA) is 71.2 Å². The largest absolute Gasteiger partial charge is 0.382 e. The monoisotopic (exact) mass is 286 g/mol. The Morgan fingerprint density at radius 3 is 2.61 bits per heavy atom. The molecule has 2 heterocycles. The Kier molecular flexibility index (Phi) is 4.01. The van der Waals surface area contributed by atoms with Gasteiger partial charge in [0.05, 0.1) is 0 Å². The lowest BCUT2D eigenvalue weighted by atomic mass is 10.2. The molecule has 1 aliphatic rings. The third-order valence-corrected chi connectivity index (χ3v) is 5.01. The molecule has 1 fully saturated rings. The summed E-state index contributed by atoms with van der Waals surface area (Å²) in [5.41, 5.74) is 6.32. The Labute approximate surface area is 115 Å². The number of nitrogens with one attached hydrogen (secondary N) is 1. The molecule has 0 radical (unpaired) electrons. The minimum absolute atomic E-state index is 0.158. The number of nitrogens with two attached hydrogens (primary N) is 1. The molecule has 1 aliphatic heterocycles. The number of hydrogen-bond acceptors (Lipinski definition) is 6. The Morgan fingerprint density at radius 1 is 1.44 bits per heavy atom. The van der Waals surface area contributed by atoms with Crippen LogP contribution in [0.1, 0.15) is 24.2 Å². The van der Waals surface area contributed by atoms with E-state index in [1.165, 1.54) is 11.5 Å². The first-order valence-electron chi connectivity index (χ1n) is 5.90. The van der Waals surface area contributed by atoms with E-state index in [2.05, 4.69) is 28.4 Å². The highest BCUT2D eigenvalue weighted by atomic mass is 32.2. The maximum atomic E-state index is 11.9. The van der Waals surface area contributed by atoms with Crippen LogP contribution in [0.25, 0.3) is 0 Å². The molecule has 0 aromatic carbocycles. The van der Waals surface area contributed by atoms with E-state index in [1.807, 2.05) is 11.8 Å². The molecule has 0 bridgehead atoms. The van der Waals surface area contributed by atoms with Gasteiger partial charge in [-0.3, -0.25) is 4.79 Å². The fourth-order valence-electron chi connectivity index (χ4n) is 2.19. The number of anilines is 2. The van der Waals surface area contributed by atoms with E-state index >= 15 is 0 Å². The summed E-state index contributed by atoms with van der Waals surface area (Å²) in [5, 5.41) is 4.62. The molecular formula is C11H18N4OS2. The molecular weight excluding hydrogens is 268 g/mol. The number of aromatic nitrogens is 1. The van der Waals surface area contributed by atoms with Crippen molar-refractivity contribution in [2.45, 2.75) is 24.3 Å². The average Bonchev–Trinajstić information content (AvgIpc) is 2.69. The number of nitrogens with zero attached hydrogens (tertiary/aromatic N) is 2. The summed E-state index contributed by atoms with van der Waals surface area (Å²) >= 11 is 3.29. The second kappa shape index (κ2) is 5.36. The van der Waals surface area contributed by atoms with E-state index in [-0.39, 0.29) is 5.91 Å². The second-order valence-corrected chi connectivity index (χ2v) is 7.12. The zero-order chi connectivity index (χ0) is 13.3. The first kappa shape index (κ1) is 13.5. The molecule has 1 amide bonds. The molecule has 0 spiro atoms. The van der Waals surface area contributed by atoms with Gasteiger partial charge in [0.2, 0.25) is 0 Å². The van der Waals surface area contributed by atoms with Gasteiger partial charge in [-0.25, -0.2) is 0 Å². The van der Waals surface area contributed by atoms with Crippen LogP contribution in [0, 0.1) is 0 Å². The quantitative estimate of drug-likeness (QED) is 0.860. The Bertz CT molecular complexity index is 438. The molecule has 2 unspecified atom stereocenters. The van der Waals surface area contributed by atoms with Gasteiger partial charge in [-0.1, -0.05) is 13.8 Å². The van der Waals surface area contributed by atoms with Crippen LogP contribution < -0.4 is 16.0 Å². The van der Waals surface area contributed by atoms with Crippen molar-refractivity contribution in [2.24, 2.45) is 0 Å². The zero-order valence-corrected chi connectivity index (χ0v) is 12.4. The van der Waals surface area contributed by atoms with Crippen molar-refractivity contribution in [3.05, 3.63) is 5.56 Å². The van der Waals surface area contributed by atoms with Crippen LogP contribution in [0.4, 0.5) is 10.8 Å². The number of hydrogen-bond donors (Lipinski definition) is 2. The van der Waals surface area contributed by atoms with Gasteiger partial charge in [0.25, 0.3) is 5.91 Å². The predicted molar refractivity (Wildman–Crippen MR) is 78.6 cm³/mol. The summed E-state index contributed by atoms with van der Waals surface area (Å²) in [6, 6.07) is 0. The number of carbonyl (C=O) groups excluding carboxylic acids is 1. The van der Waals surface area contributed by atoms with Crippen molar-refractivity contribution >= 4 is 40.0 Å². The standard InChI is InChI=1S/C11H18N4OS2/c1-6-4-15(5-7(2)17-6)11-8(10(16)13-3)9(12)14-18-11/h6-7H,4-5H2,1-3H3,(H2,12,14)(H,13,16). The van der Waals surface area contributed by atoms with Crippen LogP contribution in [0.15, 0.2) is 0 Å². The Morgan fingerprint density at radius 2 is 2.06 bits per heavy atom. The van der Waals surface area contributed by atoms with Gasteiger partial charge in [-0.2, -0.15) is 16.1 Å². The number of carbonyl (C=O) groups is 1. The molecule has 18 heavy (non-hydrogen) atoms. The molecule has 2 rings (SSSR count). The van der Waals surface area contributed by atoms with E-state index < -0.39 is 0 Å². The Hall–Kier alpha value is -0.950. The van der Waals surface area contributed by atoms with Gasteiger partial charge in [-0.05, 0) is 11.5 Å². The van der Waals surface area contributed by atoms with Crippen LogP contribution >= 0.6 is 23.3 Å². The van der Waals surface area contributed by atoms with Gasteiger partial charge < -0.3 is 16.0 Å². The van der Waals surface area contributed by atoms with Crippen molar-refractivity contribution in [3.63, 3.8) is 0 Å². The van der Waals surface area contributed by atoms with Crippen LogP contribution in [0.2, 0.25) is 0 Å². The van der Waals surface area contributed by atoms with Crippen molar-refractivity contribution in [3.8, 4) is 0 Å². The first-order valence-corrected chi connectivity index (χ1v) is 7.62. The zero-order valence-electron chi connectivity index (χ0n) is 10.8. The number of nitrogen functional groups attached to an aromatic ring is 1. The van der Waals surface area contributed by atoms with E-state index in [4.69, 9.17) is 5.73 Å². The van der Waals surface area contributed by atoms with E-state index in [0.29, 0.717) is 21.9 Å². The molecule has 0 aliphatic carbocycles. The highest BCUT2D eigenvalue weighted by Gasteiger charge is 2.28. The lowest BCUT2D eigenvalue weighted by Gasteiger charge is -2.35. The van der Waals surface area contributed by atoms with Gasteiger partial charge in [-0.15, -0.1) is 0 Å². The summed E-state index contributed by atoms with van der Waals surface area (Å²) in [6.45, 7) is 6.27. The van der Waals surface area contributed by atoms with Crippen LogP contribution in [-0.2, 0) is 0 Å². The second-order valence-electron chi connectivity index (χ2n) is 4.49. The molecule has 3 N–H and O–H groups in total. The average molecular weight is 286 g/mol. The lowest BCUT2D eigenvalue weighted by Crippen LogP contribution is -2.41. The molecule has 1 aromatic rings. The van der Waals surface area contributed by atoms with Gasteiger partial charge in [0.15, 0.2) is 5.82 Å². The molecule has 7 heteroatoms. The van der Waals surface area contributed by atoms with Crippen molar-refractivity contribution in [1.29, 1.82) is 0 Å². The third-order valence-electron chi connectivity index (χ3n) is 2.86. The number of amides is 1. The van der Waals surface area contributed by atoms with E-state index in [1.54, 1.807) is 7.05 Å². The molecule has 2 atom stereocenters. The maximum absolute atomic E-state index is 11.9. The summed E-state index contributed by atoms with van der Waals surface area (Å²) in [4.78, 5) is 14.1. The predicted octanol–water partition coefficient (Wildman–Crippen LogP) is 1.42. The Balaban J connectivity index is 2.30. The van der Waals surface area contributed by atoms with Crippen molar-refractivity contribution < 1.29 is 4.79 Å². The highest BCUT2D eigenvalue weighted by Crippen LogP contribution is 2.35. The van der Waals surface area contributed by atoms with Crippen LogP contribution in [-0.4, -0.2) is 40.9 Å². The van der Waals surface area contributed by atoms with E-state index in [0.717, 1.165) is 18.1 Å². The molecule has 5 nitrogen and oxygen atoms in total. The third kappa shape index (κ3) is 2.56. The first-order chi connectivity index (χ1) is 8.52. The van der Waals surface area contributed by atoms with Crippen molar-refractivity contribution in [1.82, 2.24) is 9.69 Å². The van der Waals surface area contributed by atoms with Crippen LogP contribution in [0.5, 0.6) is 0 Å². The lowest BCUT2D eigenvalue weighted by molar-refractivity contribution is 0.0964. The maximum Gasteiger partial charge on any atom is 0.257 e. The molecule has 0 saturated carbocycles. The highest BCUT2D eigenvalue weighted by molar-refractivity contribution is 8.00. The smallest absolute Gasteiger partial charge is 0.257 e. The summed E-state index contributed by atoms with van der Waals surface area (Å²) < 4.78 is 4.12. The van der Waals surface area contributed by atoms with Gasteiger partial charge >= 0.3 is 0 Å². The van der Waals surface area contributed by atoms with Gasteiger partial charge in [0.1, 0.15) is 10.6 Å². The fraction of sp³-hybridized carbons (Fsp3) is 0.636. The number of thioether (sulfide) groups is 1. The summed E-state index contributed by atoms with van der Waals surface area (Å²) in [5.74, 6) is 0.169. The normalized spacial score (nSPS) is 24.1. The summed E-state index contributed by atoms with van der Waals surface area (Å²) in [6.07, 6.45) is 0. The fourth-order valence-corrected chi connectivity index (χ4v) is 4.35. The van der Waals surface area contributed by atoms with Gasteiger partial charge in [0, 0.05) is 30.6 Å². The van der Waals surface area contributed by atoms with Crippen LogP contribution in [0.3, 0.4) is 0 Å². The summed E-state index contributed by atoms with van der Waals surface area (Å²) in [7, 11) is 1.61. The molecule has 1 aromatic heterocycles. The SMILES string of the molecule is CNC(=O)c1c(N)nsc1N1CC(C)SC(C)C1. The molecule has 100 valence electrons. The minimum atomic E-state index is -0.158.